The van der Waals surface area contributed by atoms with E-state index >= 15 is 0 Å². The molecular weight excluding hydrogens is 468 g/mol. The van der Waals surface area contributed by atoms with Gasteiger partial charge in [0.15, 0.2) is 13.9 Å². The highest BCUT2D eigenvalue weighted by Crippen LogP contribution is 2.64. The fourth-order valence-electron chi connectivity index (χ4n) is 5.76. The first-order valence-corrected chi connectivity index (χ1v) is 17.1. The molecular formula is C30H48O3SSi. The first kappa shape index (κ1) is 28.8. The van der Waals surface area contributed by atoms with Gasteiger partial charge in [0.25, 0.3) is 0 Å². The van der Waals surface area contributed by atoms with E-state index in [1.807, 2.05) is 24.8 Å². The lowest BCUT2D eigenvalue weighted by molar-refractivity contribution is -0.112. The Kier molecular flexibility index (Phi) is 8.98. The highest BCUT2D eigenvalue weighted by molar-refractivity contribution is 8.00. The molecule has 0 aromatic heterocycles. The zero-order valence-electron chi connectivity index (χ0n) is 23.7. The molecule has 0 aliphatic heterocycles. The maximum atomic E-state index is 6.86. The van der Waals surface area contributed by atoms with E-state index in [9.17, 15) is 0 Å². The van der Waals surface area contributed by atoms with Crippen molar-refractivity contribution in [2.75, 3.05) is 20.3 Å². The number of thioether (sulfide) groups is 1. The summed E-state index contributed by atoms with van der Waals surface area (Å²) in [7, 11) is -0.0614. The maximum absolute atomic E-state index is 6.86. The summed E-state index contributed by atoms with van der Waals surface area (Å²) in [6.07, 6.45) is 2.54. The van der Waals surface area contributed by atoms with Gasteiger partial charge in [-0.1, -0.05) is 70.9 Å². The fourth-order valence-corrected chi connectivity index (χ4v) is 8.64. The van der Waals surface area contributed by atoms with Gasteiger partial charge in [0.1, 0.15) is 5.44 Å². The van der Waals surface area contributed by atoms with Crippen LogP contribution >= 0.6 is 11.8 Å². The molecule has 3 nitrogen and oxygen atoms in total. The molecule has 3 aliphatic carbocycles. The third-order valence-electron chi connectivity index (χ3n) is 9.28. The second-order valence-electron chi connectivity index (χ2n) is 12.5. The molecule has 196 valence electrons. The zero-order valence-corrected chi connectivity index (χ0v) is 25.6. The van der Waals surface area contributed by atoms with Crippen molar-refractivity contribution in [1.82, 2.24) is 0 Å². The van der Waals surface area contributed by atoms with Crippen molar-refractivity contribution in [2.45, 2.75) is 95.7 Å². The number of ether oxygens (including phenoxy) is 2. The number of hydrogen-bond donors (Lipinski definition) is 0. The molecule has 1 aromatic carbocycles. The number of hydrogen-bond acceptors (Lipinski definition) is 4. The summed E-state index contributed by atoms with van der Waals surface area (Å²) in [6.45, 7) is 22.1. The molecule has 0 amide bonds. The van der Waals surface area contributed by atoms with Gasteiger partial charge in [0.05, 0.1) is 0 Å². The molecule has 1 aromatic rings. The molecule has 2 bridgehead atoms. The predicted octanol–water partition coefficient (Wildman–Crippen LogP) is 7.72. The van der Waals surface area contributed by atoms with E-state index in [0.29, 0.717) is 29.1 Å². The highest BCUT2D eigenvalue weighted by Gasteiger charge is 2.59. The van der Waals surface area contributed by atoms with Crippen molar-refractivity contribution in [3.8, 4) is 11.8 Å². The smallest absolute Gasteiger partial charge is 0.191 e. The van der Waals surface area contributed by atoms with Crippen molar-refractivity contribution >= 4 is 20.1 Å². The van der Waals surface area contributed by atoms with Crippen LogP contribution in [0, 0.1) is 35.0 Å². The molecule has 0 spiro atoms. The van der Waals surface area contributed by atoms with Crippen molar-refractivity contribution < 1.29 is 13.9 Å². The molecule has 0 unspecified atom stereocenters. The van der Waals surface area contributed by atoms with E-state index in [2.05, 4.69) is 90.7 Å². The van der Waals surface area contributed by atoms with Gasteiger partial charge in [0.2, 0.25) is 0 Å². The van der Waals surface area contributed by atoms with Gasteiger partial charge in [-0.3, -0.25) is 0 Å². The number of methoxy groups -OCH3 is 1. The van der Waals surface area contributed by atoms with Gasteiger partial charge in [-0.2, -0.15) is 0 Å². The van der Waals surface area contributed by atoms with Crippen molar-refractivity contribution in [3.63, 3.8) is 0 Å². The first-order valence-electron chi connectivity index (χ1n) is 13.3. The summed E-state index contributed by atoms with van der Waals surface area (Å²) >= 11 is 1.94. The molecule has 3 saturated carbocycles. The van der Waals surface area contributed by atoms with Crippen LogP contribution < -0.4 is 0 Å². The van der Waals surface area contributed by atoms with E-state index in [4.69, 9.17) is 13.9 Å². The molecule has 0 saturated heterocycles. The Labute approximate surface area is 220 Å². The minimum atomic E-state index is -1.83. The second kappa shape index (κ2) is 10.9. The van der Waals surface area contributed by atoms with Crippen LogP contribution in [0.15, 0.2) is 30.3 Å². The Morgan fingerprint density at radius 1 is 1.14 bits per heavy atom. The summed E-state index contributed by atoms with van der Waals surface area (Å²) in [4.78, 5) is 0. The molecule has 0 radical (unpaired) electrons. The van der Waals surface area contributed by atoms with Crippen LogP contribution in [0.4, 0.5) is 0 Å². The third-order valence-corrected chi connectivity index (χ3v) is 15.4. The largest absolute Gasteiger partial charge is 0.416 e. The standard InChI is InChI=1S/C30H48O3SSi/c1-11-18-30(31-8,22-16-14-13-15-17-22)27(32-12-2)34-26-20-23-19-25(29(23,6)7)24(26)21-33-35(9,10)28(3,4)5/h13-17,23-27H,12,19-21H2,1-10H3/t23-,24+,25+,26+,27-,30+/m1/s1. The van der Waals surface area contributed by atoms with Crippen LogP contribution in [0.3, 0.4) is 0 Å². The maximum Gasteiger partial charge on any atom is 0.191 e. The van der Waals surface area contributed by atoms with Crippen LogP contribution in [-0.2, 0) is 19.5 Å². The molecule has 5 heteroatoms. The van der Waals surface area contributed by atoms with Crippen LogP contribution in [0.2, 0.25) is 18.1 Å². The molecule has 3 fully saturated rings. The average molecular weight is 517 g/mol. The Hall–Kier alpha value is -0.773. The number of rotatable bonds is 10. The van der Waals surface area contributed by atoms with Crippen LogP contribution in [0.5, 0.6) is 0 Å². The lowest BCUT2D eigenvalue weighted by Gasteiger charge is -2.63. The lowest BCUT2D eigenvalue weighted by Crippen LogP contribution is -2.59. The van der Waals surface area contributed by atoms with E-state index in [1.165, 1.54) is 12.8 Å². The van der Waals surface area contributed by atoms with Crippen LogP contribution in [0.1, 0.15) is 66.9 Å². The Morgan fingerprint density at radius 2 is 1.80 bits per heavy atom. The molecule has 0 N–H and O–H groups in total. The van der Waals surface area contributed by atoms with Gasteiger partial charge in [-0.15, -0.1) is 17.7 Å². The van der Waals surface area contributed by atoms with E-state index in [0.717, 1.165) is 18.1 Å². The first-order chi connectivity index (χ1) is 16.3. The summed E-state index contributed by atoms with van der Waals surface area (Å²) in [6, 6.07) is 10.4. The molecule has 4 rings (SSSR count). The van der Waals surface area contributed by atoms with Crippen LogP contribution in [-0.4, -0.2) is 39.3 Å². The SMILES string of the molecule is CC#C[C@](OC)(c1ccccc1)[C@H](OCC)S[C@H]1C[C@H]2C[C@@H]([C@@H]1CO[Si](C)(C)C(C)(C)C)C2(C)C. The third kappa shape index (κ3) is 5.58. The molecule has 3 aliphatic rings. The van der Waals surface area contributed by atoms with Crippen molar-refractivity contribution in [3.05, 3.63) is 35.9 Å². The second-order valence-corrected chi connectivity index (χ2v) is 18.6. The summed E-state index contributed by atoms with van der Waals surface area (Å²) < 4.78 is 19.6. The normalized spacial score (nSPS) is 28.3. The molecule has 0 heterocycles. The minimum absolute atomic E-state index is 0.213. The van der Waals surface area contributed by atoms with Gasteiger partial charge >= 0.3 is 0 Å². The molecule has 35 heavy (non-hydrogen) atoms. The highest BCUT2D eigenvalue weighted by atomic mass is 32.2. The average Bonchev–Trinajstić information content (AvgIpc) is 2.81. The Morgan fingerprint density at radius 3 is 2.31 bits per heavy atom. The van der Waals surface area contributed by atoms with E-state index < -0.39 is 13.9 Å². The van der Waals surface area contributed by atoms with Gasteiger partial charge in [0, 0.05) is 25.6 Å². The number of fused-ring (bicyclic) bond motifs is 2. The van der Waals surface area contributed by atoms with Crippen molar-refractivity contribution in [2.24, 2.45) is 23.2 Å². The van der Waals surface area contributed by atoms with Crippen molar-refractivity contribution in [1.29, 1.82) is 0 Å². The van der Waals surface area contributed by atoms with Gasteiger partial charge in [-0.05, 0) is 73.6 Å². The summed E-state index contributed by atoms with van der Waals surface area (Å²) in [5.74, 6) is 8.54. The Balaban J connectivity index is 1.93. The van der Waals surface area contributed by atoms with Gasteiger partial charge in [-0.25, -0.2) is 0 Å². The zero-order chi connectivity index (χ0) is 26.1. The summed E-state index contributed by atoms with van der Waals surface area (Å²) in [5.41, 5.74) is 0.422. The quantitative estimate of drug-likeness (QED) is 0.181. The Bertz CT molecular complexity index is 898. The fraction of sp³-hybridized carbons (Fsp3) is 0.733. The van der Waals surface area contributed by atoms with Crippen LogP contribution in [0.25, 0.3) is 0 Å². The van der Waals surface area contributed by atoms with Gasteiger partial charge < -0.3 is 13.9 Å². The minimum Gasteiger partial charge on any atom is -0.416 e. The topological polar surface area (TPSA) is 27.7 Å². The van der Waals surface area contributed by atoms with E-state index in [-0.39, 0.29) is 10.5 Å². The van der Waals surface area contributed by atoms with E-state index in [1.54, 1.807) is 7.11 Å². The predicted molar refractivity (Wildman–Crippen MR) is 152 cm³/mol. The molecule has 6 atom stereocenters. The monoisotopic (exact) mass is 516 g/mol. The summed E-state index contributed by atoms with van der Waals surface area (Å²) in [5, 5.41) is 0.676. The number of benzene rings is 1. The lowest BCUT2D eigenvalue weighted by atomic mass is 9.45.